The van der Waals surface area contributed by atoms with Crippen molar-refractivity contribution >= 4 is 119 Å². The molecule has 18 rings (SSSR count). The molecule has 0 saturated heterocycles. The molecule has 0 saturated carbocycles. The number of rotatable bonds is 9. The molecule has 0 fully saturated rings. The zero-order chi connectivity index (χ0) is 89.1. The standard InChI is InChI=1S/C58H62N4.C50H45N3/c1-55(2,3)39-23-29-45(30-24-39)60-48-33-27-41(57(7,8)9)35-50(48)62-51-36-42(58(10,11)12)28-34-49(51)61(46-31-25-40(26-32-46)56(4,5)6)53-38-47(37-52(60)54(53)62)59(43-19-15-13-16-20-43)44-21-17-14-18-22-44;1-49(2,3)38-23-28-41(29-24-38)52-43-31-25-39(50(4,5)6)33-47(43)53-46-32-37(35-16-11-8-12-17-35)22-30-42(46)51(44-18-13-19-45(52)48(44)53)40-26-20-36(21-27-40)34-14-9-7-10-15-34/h13-38H,1-12H3;7-33H,1-6H3/i13D,14D,15D,16D,17D,18D,19D,20D,21D,22D;. The molecule has 0 spiro atoms. The van der Waals surface area contributed by atoms with Crippen molar-refractivity contribution in [3.63, 3.8) is 0 Å². The van der Waals surface area contributed by atoms with Gasteiger partial charge < -0.3 is 34.3 Å². The highest BCUT2D eigenvalue weighted by atomic mass is 15.4. The van der Waals surface area contributed by atoms with Crippen molar-refractivity contribution in [3.8, 4) is 22.3 Å². The van der Waals surface area contributed by atoms with Crippen molar-refractivity contribution in [2.45, 2.75) is 157 Å². The minimum atomic E-state index is -0.637. The molecule has 7 heteroatoms. The van der Waals surface area contributed by atoms with Crippen molar-refractivity contribution in [2.75, 3.05) is 34.3 Å². The van der Waals surface area contributed by atoms with E-state index in [1.807, 2.05) is 12.1 Å². The third kappa shape index (κ3) is 13.9. The predicted octanol–water partition coefficient (Wildman–Crippen LogP) is 32.0. The molecule has 0 aliphatic carbocycles. The van der Waals surface area contributed by atoms with Crippen LogP contribution in [0.15, 0.2) is 321 Å². The second-order valence-corrected chi connectivity index (χ2v) is 37.0. The van der Waals surface area contributed by atoms with Crippen LogP contribution < -0.4 is 34.3 Å². The third-order valence-corrected chi connectivity index (χ3v) is 22.9. The average molecular weight is 1510 g/mol. The average Bonchev–Trinajstić information content (AvgIpc) is 0.694. The van der Waals surface area contributed by atoms with Gasteiger partial charge in [0.1, 0.15) is 0 Å². The van der Waals surface area contributed by atoms with Crippen LogP contribution in [0, 0.1) is 0 Å². The van der Waals surface area contributed by atoms with Gasteiger partial charge in [0.25, 0.3) is 0 Å². The molecule has 0 amide bonds. The lowest BCUT2D eigenvalue weighted by Crippen LogP contribution is -2.31. The number of fused-ring (bicyclic) bond motifs is 8. The number of nitrogens with zero attached hydrogens (tertiary/aromatic N) is 7. The van der Waals surface area contributed by atoms with Crippen LogP contribution in [0.25, 0.3) is 22.3 Å². The lowest BCUT2D eigenvalue weighted by molar-refractivity contribution is 0.589. The normalized spacial score (nSPS) is 14.8. The van der Waals surface area contributed by atoms with E-state index in [9.17, 15) is 5.48 Å². The fraction of sp³-hybridized carbons (Fsp3) is 0.222. The zero-order valence-electron chi connectivity index (χ0n) is 79.5. The van der Waals surface area contributed by atoms with Crippen molar-refractivity contribution in [2.24, 2.45) is 0 Å². The van der Waals surface area contributed by atoms with E-state index >= 15 is 0 Å². The van der Waals surface area contributed by atoms with Crippen LogP contribution >= 0.6 is 0 Å². The van der Waals surface area contributed by atoms with E-state index in [1.165, 1.54) is 55.3 Å². The number of anilines is 21. The van der Waals surface area contributed by atoms with Gasteiger partial charge in [-0.1, -0.05) is 300 Å². The lowest BCUT2D eigenvalue weighted by Gasteiger charge is -2.48. The number of para-hydroxylation sites is 3. The Morgan fingerprint density at radius 1 is 0.200 bits per heavy atom. The molecule has 4 aliphatic heterocycles. The van der Waals surface area contributed by atoms with Crippen molar-refractivity contribution < 1.29 is 13.7 Å². The Labute approximate surface area is 697 Å². The maximum atomic E-state index is 9.41. The molecular weight excluding hydrogens is 1400 g/mol. The molecule has 14 aromatic carbocycles. The highest BCUT2D eigenvalue weighted by Gasteiger charge is 2.44. The van der Waals surface area contributed by atoms with E-state index in [0.29, 0.717) is 11.4 Å². The van der Waals surface area contributed by atoms with Gasteiger partial charge in [0, 0.05) is 34.1 Å². The Bertz CT molecular complexity index is 6330. The summed E-state index contributed by atoms with van der Waals surface area (Å²) < 4.78 is 90.4. The molecule has 14 aromatic rings. The van der Waals surface area contributed by atoms with Gasteiger partial charge in [0.05, 0.1) is 99.0 Å². The summed E-state index contributed by atoms with van der Waals surface area (Å²) in [6.07, 6.45) is 0. The maximum absolute atomic E-state index is 9.41. The van der Waals surface area contributed by atoms with Crippen LogP contribution in [0.5, 0.6) is 0 Å². The quantitative estimate of drug-likeness (QED) is 0.142. The van der Waals surface area contributed by atoms with E-state index < -0.39 is 60.4 Å². The second-order valence-electron chi connectivity index (χ2n) is 37.0. The Hall–Kier alpha value is -12.3. The van der Waals surface area contributed by atoms with Crippen LogP contribution in [0.2, 0.25) is 0 Å². The molecule has 0 atom stereocenters. The molecular formula is C108H107N7. The highest BCUT2D eigenvalue weighted by molar-refractivity contribution is 6.16. The van der Waals surface area contributed by atoms with Gasteiger partial charge in [-0.3, -0.25) is 0 Å². The van der Waals surface area contributed by atoms with Crippen molar-refractivity contribution in [3.05, 3.63) is 355 Å². The Kier molecular flexibility index (Phi) is 15.8. The summed E-state index contributed by atoms with van der Waals surface area (Å²) in [6.45, 7) is 39.9. The molecule has 0 radical (unpaired) electrons. The summed E-state index contributed by atoms with van der Waals surface area (Å²) in [5.41, 5.74) is 28.3. The van der Waals surface area contributed by atoms with Crippen LogP contribution in [-0.4, -0.2) is 0 Å². The Morgan fingerprint density at radius 2 is 0.470 bits per heavy atom. The molecule has 4 heterocycles. The maximum Gasteiger partial charge on any atom is 0.0949 e. The molecule has 0 unspecified atom stereocenters. The lowest BCUT2D eigenvalue weighted by atomic mass is 9.84. The number of benzene rings is 14. The first-order chi connectivity index (χ1) is 59.0. The zero-order valence-corrected chi connectivity index (χ0v) is 69.5. The van der Waals surface area contributed by atoms with Gasteiger partial charge >= 0.3 is 0 Å². The van der Waals surface area contributed by atoms with Crippen LogP contribution in [0.4, 0.5) is 119 Å². The van der Waals surface area contributed by atoms with Crippen LogP contribution in [-0.2, 0) is 32.5 Å². The molecule has 574 valence electrons. The van der Waals surface area contributed by atoms with E-state index in [1.54, 1.807) is 0 Å². The van der Waals surface area contributed by atoms with E-state index in [4.69, 9.17) is 8.22 Å². The first-order valence-electron chi connectivity index (χ1n) is 45.2. The molecule has 0 aromatic heterocycles. The van der Waals surface area contributed by atoms with Gasteiger partial charge in [-0.15, -0.1) is 0 Å². The fourth-order valence-corrected chi connectivity index (χ4v) is 16.4. The monoisotopic (exact) mass is 1510 g/mol. The first-order valence-corrected chi connectivity index (χ1v) is 40.2. The highest BCUT2D eigenvalue weighted by Crippen LogP contribution is 2.67. The topological polar surface area (TPSA) is 22.7 Å². The summed E-state index contributed by atoms with van der Waals surface area (Å²) in [5, 5.41) is 0. The summed E-state index contributed by atoms with van der Waals surface area (Å²) >= 11 is 0. The predicted molar refractivity (Wildman–Crippen MR) is 493 cm³/mol. The first kappa shape index (κ1) is 64.1. The Morgan fingerprint density at radius 3 is 0.809 bits per heavy atom. The van der Waals surface area contributed by atoms with E-state index in [0.717, 1.165) is 96.2 Å². The SMILES string of the molecule is CC(C)(C)c1ccc(N2c3ccc(C(C)(C)C)cc3N3c4cc(-c5ccccc5)ccc4N(c4ccc(-c5ccccc5)cc4)c4cccc2c43)cc1.[2H]c1c([2H])c([2H])c(N(c2cc3c4c(c2)N(c2ccc(C(C)(C)C)cc2)c2ccc(C(C)(C)C)cc2N4c2cc(C(C)(C)C)ccc2N3c2ccc(C(C)(C)C)cc2)c2c([2H])c([2H])c([2H])c([2H])c2[2H])c([2H])c1[2H]. The fourth-order valence-electron chi connectivity index (χ4n) is 16.4. The van der Waals surface area contributed by atoms with Gasteiger partial charge in [0.15, 0.2) is 0 Å². The minimum absolute atomic E-state index is 0.0228. The number of hydrogen-bond donors (Lipinski definition) is 0. The summed E-state index contributed by atoms with van der Waals surface area (Å²) in [5.74, 6) is 0. The van der Waals surface area contributed by atoms with E-state index in [2.05, 4.69) is 403 Å². The summed E-state index contributed by atoms with van der Waals surface area (Å²) in [6, 6.07) is 87.8. The second kappa shape index (κ2) is 28.3. The molecule has 115 heavy (non-hydrogen) atoms. The molecule has 7 nitrogen and oxygen atoms in total. The third-order valence-electron chi connectivity index (χ3n) is 22.9. The van der Waals surface area contributed by atoms with Gasteiger partial charge in [-0.25, -0.2) is 0 Å². The minimum Gasteiger partial charge on any atom is -0.310 e. The summed E-state index contributed by atoms with van der Waals surface area (Å²) in [7, 11) is 0. The van der Waals surface area contributed by atoms with Crippen LogP contribution in [0.1, 0.15) is 172 Å². The van der Waals surface area contributed by atoms with Crippen molar-refractivity contribution in [1.29, 1.82) is 0 Å². The summed E-state index contributed by atoms with van der Waals surface area (Å²) in [4.78, 5) is 15.4. The van der Waals surface area contributed by atoms with E-state index in [-0.39, 0.29) is 49.6 Å². The van der Waals surface area contributed by atoms with Crippen molar-refractivity contribution in [1.82, 2.24) is 0 Å². The van der Waals surface area contributed by atoms with Gasteiger partial charge in [-0.2, -0.15) is 0 Å². The van der Waals surface area contributed by atoms with Crippen LogP contribution in [0.3, 0.4) is 0 Å². The van der Waals surface area contributed by atoms with Gasteiger partial charge in [0.2, 0.25) is 0 Å². The Balaban J connectivity index is 0.000000185. The smallest absolute Gasteiger partial charge is 0.0949 e. The molecule has 0 bridgehead atoms. The van der Waals surface area contributed by atoms with Gasteiger partial charge in [-0.05, 0) is 234 Å². The largest absolute Gasteiger partial charge is 0.310 e. The molecule has 0 N–H and O–H groups in total. The number of hydrogen-bond acceptors (Lipinski definition) is 7. The molecule has 4 aliphatic rings.